The number of halogens is 2. The molecule has 0 unspecified atom stereocenters. The highest BCUT2D eigenvalue weighted by molar-refractivity contribution is 9.10. The van der Waals surface area contributed by atoms with Gasteiger partial charge in [-0.2, -0.15) is 0 Å². The van der Waals surface area contributed by atoms with Crippen LogP contribution >= 0.6 is 15.9 Å². The fourth-order valence-corrected chi connectivity index (χ4v) is 2.02. The first kappa shape index (κ1) is 13.0. The van der Waals surface area contributed by atoms with Gasteiger partial charge in [0.25, 0.3) is 0 Å². The first-order valence-electron chi connectivity index (χ1n) is 5.63. The minimum atomic E-state index is -0.351. The lowest BCUT2D eigenvalue weighted by molar-refractivity contribution is -0.118. The Labute approximate surface area is 113 Å². The van der Waals surface area contributed by atoms with Crippen molar-refractivity contribution >= 4 is 21.7 Å². The van der Waals surface area contributed by atoms with E-state index in [1.165, 1.54) is 6.07 Å². The van der Waals surface area contributed by atoms with E-state index < -0.39 is 0 Å². The third-order valence-electron chi connectivity index (χ3n) is 2.63. The lowest BCUT2D eigenvalue weighted by Crippen LogP contribution is -2.05. The number of furan rings is 1. The predicted octanol–water partition coefficient (Wildman–Crippen LogP) is 3.93. The first-order chi connectivity index (χ1) is 8.65. The number of hydrogen-bond donors (Lipinski definition) is 0. The molecule has 0 fully saturated rings. The molecule has 0 N–H and O–H groups in total. The summed E-state index contributed by atoms with van der Waals surface area (Å²) >= 11 is 3.18. The van der Waals surface area contributed by atoms with Gasteiger partial charge in [-0.25, -0.2) is 4.39 Å². The van der Waals surface area contributed by atoms with Gasteiger partial charge < -0.3 is 4.42 Å². The van der Waals surface area contributed by atoms with Crippen LogP contribution in [-0.2, 0) is 17.6 Å². The van der Waals surface area contributed by atoms with Crippen molar-refractivity contribution in [2.45, 2.75) is 19.3 Å². The Bertz CT molecular complexity index is 535. The van der Waals surface area contributed by atoms with Crippen LogP contribution < -0.4 is 0 Å². The molecule has 18 heavy (non-hydrogen) atoms. The number of Topliss-reactive ketones (excluding diaryl/α,β-unsaturated/α-hetero) is 1. The van der Waals surface area contributed by atoms with Crippen molar-refractivity contribution in [3.63, 3.8) is 0 Å². The Balaban J connectivity index is 1.91. The number of rotatable bonds is 5. The molecule has 2 nitrogen and oxygen atoms in total. The van der Waals surface area contributed by atoms with E-state index in [9.17, 15) is 9.18 Å². The van der Waals surface area contributed by atoms with E-state index in [0.29, 0.717) is 22.9 Å². The van der Waals surface area contributed by atoms with Crippen LogP contribution in [0.4, 0.5) is 4.39 Å². The van der Waals surface area contributed by atoms with Crippen LogP contribution in [0.15, 0.2) is 45.5 Å². The fraction of sp³-hybridized carbons (Fsp3) is 0.214. The van der Waals surface area contributed by atoms with Gasteiger partial charge in [-0.1, -0.05) is 22.0 Å². The summed E-state index contributed by atoms with van der Waals surface area (Å²) in [6.07, 6.45) is 2.63. The zero-order valence-electron chi connectivity index (χ0n) is 9.66. The minimum absolute atomic E-state index is 0.00706. The molecule has 1 heterocycles. The van der Waals surface area contributed by atoms with Gasteiger partial charge in [-0.15, -0.1) is 0 Å². The number of aryl methyl sites for hydroxylation is 1. The molecule has 4 heteroatoms. The Kier molecular flexibility index (Phi) is 4.31. The molecule has 0 bridgehead atoms. The van der Waals surface area contributed by atoms with Gasteiger partial charge in [-0.05, 0) is 29.8 Å². The molecular weight excluding hydrogens is 299 g/mol. The molecule has 0 saturated carbocycles. The maximum atomic E-state index is 13.5. The zero-order chi connectivity index (χ0) is 13.0. The molecule has 0 radical (unpaired) electrons. The Hall–Kier alpha value is -1.42. The van der Waals surface area contributed by atoms with Gasteiger partial charge in [0.1, 0.15) is 17.4 Å². The van der Waals surface area contributed by atoms with Crippen LogP contribution in [0.5, 0.6) is 0 Å². The van der Waals surface area contributed by atoms with Crippen LogP contribution in [0.1, 0.15) is 17.7 Å². The summed E-state index contributed by atoms with van der Waals surface area (Å²) in [6, 6.07) is 8.35. The van der Waals surface area contributed by atoms with E-state index in [2.05, 4.69) is 15.9 Å². The van der Waals surface area contributed by atoms with Crippen LogP contribution in [0.2, 0.25) is 0 Å². The molecule has 0 amide bonds. The molecule has 0 saturated heterocycles. The van der Waals surface area contributed by atoms with Crippen LogP contribution in [-0.4, -0.2) is 5.78 Å². The summed E-state index contributed by atoms with van der Waals surface area (Å²) in [5.41, 5.74) is 0.433. The molecule has 94 valence electrons. The molecule has 1 aromatic heterocycles. The van der Waals surface area contributed by atoms with Gasteiger partial charge >= 0.3 is 0 Å². The average Bonchev–Trinajstić information content (AvgIpc) is 2.83. The molecule has 0 aliphatic heterocycles. The monoisotopic (exact) mass is 310 g/mol. The van der Waals surface area contributed by atoms with Gasteiger partial charge in [0.2, 0.25) is 0 Å². The van der Waals surface area contributed by atoms with E-state index in [-0.39, 0.29) is 18.0 Å². The van der Waals surface area contributed by atoms with Gasteiger partial charge in [0.05, 0.1) is 6.26 Å². The fourth-order valence-electron chi connectivity index (χ4n) is 1.68. The lowest BCUT2D eigenvalue weighted by atomic mass is 10.0. The van der Waals surface area contributed by atoms with E-state index in [0.717, 1.165) is 5.76 Å². The third-order valence-corrected chi connectivity index (χ3v) is 3.13. The summed E-state index contributed by atoms with van der Waals surface area (Å²) < 4.78 is 19.3. The molecule has 0 atom stereocenters. The number of benzene rings is 1. The lowest BCUT2D eigenvalue weighted by Gasteiger charge is -2.03. The molecule has 0 aliphatic rings. The maximum Gasteiger partial charge on any atom is 0.137 e. The summed E-state index contributed by atoms with van der Waals surface area (Å²) in [5, 5.41) is 0. The molecule has 2 rings (SSSR count). The van der Waals surface area contributed by atoms with Gasteiger partial charge in [-0.3, -0.25) is 4.79 Å². The topological polar surface area (TPSA) is 30.2 Å². The van der Waals surface area contributed by atoms with Crippen LogP contribution in [0.25, 0.3) is 0 Å². The molecule has 1 aromatic carbocycles. The van der Waals surface area contributed by atoms with Gasteiger partial charge in [0, 0.05) is 23.7 Å². The maximum absolute atomic E-state index is 13.5. The second kappa shape index (κ2) is 5.96. The predicted molar refractivity (Wildman–Crippen MR) is 69.8 cm³/mol. The van der Waals surface area contributed by atoms with Crippen LogP contribution in [0, 0.1) is 5.82 Å². The summed E-state index contributed by atoms with van der Waals surface area (Å²) in [4.78, 5) is 11.7. The Morgan fingerprint density at radius 2 is 2.17 bits per heavy atom. The second-order valence-electron chi connectivity index (χ2n) is 4.03. The van der Waals surface area contributed by atoms with Crippen molar-refractivity contribution in [3.05, 3.63) is 58.2 Å². The van der Waals surface area contributed by atoms with Crippen molar-refractivity contribution in [2.24, 2.45) is 0 Å². The van der Waals surface area contributed by atoms with E-state index in [1.54, 1.807) is 24.5 Å². The summed E-state index contributed by atoms with van der Waals surface area (Å²) in [5.74, 6) is 0.433. The SMILES string of the molecule is O=C(CCc1ccco1)Cc1ccc(Br)cc1F. The highest BCUT2D eigenvalue weighted by Gasteiger charge is 2.09. The number of ketones is 1. The number of carbonyl (C=O) groups excluding carboxylic acids is 1. The normalized spacial score (nSPS) is 10.6. The standard InChI is InChI=1S/C14H12BrFO2/c15-11-4-3-10(14(16)9-11)8-12(17)5-6-13-2-1-7-18-13/h1-4,7,9H,5-6,8H2. The highest BCUT2D eigenvalue weighted by atomic mass is 79.9. The number of carbonyl (C=O) groups is 1. The van der Waals surface area contributed by atoms with E-state index in [1.807, 2.05) is 6.07 Å². The molecule has 0 aliphatic carbocycles. The molecule has 0 spiro atoms. The highest BCUT2D eigenvalue weighted by Crippen LogP contribution is 2.16. The Morgan fingerprint density at radius 3 is 2.83 bits per heavy atom. The van der Waals surface area contributed by atoms with Crippen molar-refractivity contribution in [1.29, 1.82) is 0 Å². The van der Waals surface area contributed by atoms with Crippen molar-refractivity contribution in [1.82, 2.24) is 0 Å². The van der Waals surface area contributed by atoms with E-state index >= 15 is 0 Å². The smallest absolute Gasteiger partial charge is 0.137 e. The average molecular weight is 311 g/mol. The molecular formula is C14H12BrFO2. The summed E-state index contributed by atoms with van der Waals surface area (Å²) in [7, 11) is 0. The van der Waals surface area contributed by atoms with Gasteiger partial charge in [0.15, 0.2) is 0 Å². The first-order valence-corrected chi connectivity index (χ1v) is 6.42. The Morgan fingerprint density at radius 1 is 1.33 bits per heavy atom. The zero-order valence-corrected chi connectivity index (χ0v) is 11.2. The number of hydrogen-bond acceptors (Lipinski definition) is 2. The largest absolute Gasteiger partial charge is 0.469 e. The van der Waals surface area contributed by atoms with Crippen molar-refractivity contribution in [2.75, 3.05) is 0 Å². The van der Waals surface area contributed by atoms with Crippen molar-refractivity contribution in [3.8, 4) is 0 Å². The molecule has 2 aromatic rings. The summed E-state index contributed by atoms with van der Waals surface area (Å²) in [6.45, 7) is 0. The second-order valence-corrected chi connectivity index (χ2v) is 4.95. The van der Waals surface area contributed by atoms with Crippen molar-refractivity contribution < 1.29 is 13.6 Å². The van der Waals surface area contributed by atoms with Crippen LogP contribution in [0.3, 0.4) is 0 Å². The minimum Gasteiger partial charge on any atom is -0.469 e. The van der Waals surface area contributed by atoms with E-state index in [4.69, 9.17) is 4.42 Å². The third kappa shape index (κ3) is 3.53. The quantitative estimate of drug-likeness (QED) is 0.837.